The van der Waals surface area contributed by atoms with E-state index in [0.29, 0.717) is 0 Å². The van der Waals surface area contributed by atoms with Gasteiger partial charge in [0.2, 0.25) is 0 Å². The van der Waals surface area contributed by atoms with E-state index in [0.717, 1.165) is 49.3 Å². The highest BCUT2D eigenvalue weighted by Gasteiger charge is 2.20. The van der Waals surface area contributed by atoms with E-state index in [-0.39, 0.29) is 0 Å². The van der Waals surface area contributed by atoms with Crippen LogP contribution < -0.4 is 15.0 Å². The van der Waals surface area contributed by atoms with Gasteiger partial charge < -0.3 is 19.9 Å². The normalized spacial score (nSPS) is 14.3. The van der Waals surface area contributed by atoms with E-state index in [2.05, 4.69) is 58.4 Å². The van der Waals surface area contributed by atoms with Gasteiger partial charge in [0.1, 0.15) is 5.75 Å². The van der Waals surface area contributed by atoms with E-state index in [1.165, 1.54) is 11.1 Å². The molecule has 0 bridgehead atoms. The summed E-state index contributed by atoms with van der Waals surface area (Å²) in [7, 11) is 1.72. The van der Waals surface area contributed by atoms with Gasteiger partial charge in [-0.2, -0.15) is 0 Å². The predicted octanol–water partition coefficient (Wildman–Crippen LogP) is 3.20. The number of hydrogen-bond donors (Lipinski definition) is 1. The van der Waals surface area contributed by atoms with Gasteiger partial charge in [-0.1, -0.05) is 42.0 Å². The third-order valence-electron chi connectivity index (χ3n) is 4.56. The zero-order valence-corrected chi connectivity index (χ0v) is 15.7. The molecule has 0 aromatic heterocycles. The third kappa shape index (κ3) is 4.42. The first kappa shape index (κ1) is 17.5. The summed E-state index contributed by atoms with van der Waals surface area (Å²) in [5, 5.41) is 4.21. The summed E-state index contributed by atoms with van der Waals surface area (Å²) < 4.78 is 5.48. The molecule has 5 heteroatoms. The largest absolute Gasteiger partial charge is 0.495 e. The molecule has 132 valence electrons. The van der Waals surface area contributed by atoms with E-state index in [1.54, 1.807) is 7.11 Å². The second-order valence-electron chi connectivity index (χ2n) is 6.29. The van der Waals surface area contributed by atoms with Crippen molar-refractivity contribution >= 4 is 23.0 Å². The minimum absolute atomic E-state index is 0.770. The standard InChI is InChI=1S/C20H25N3OS/c1-16-7-9-17(10-8-16)15-21-20(25)23-13-11-22(12-14-23)18-5-3-4-6-19(18)24-2/h3-10H,11-15H2,1-2H3,(H,21,25). The Hall–Kier alpha value is -2.27. The second-order valence-corrected chi connectivity index (χ2v) is 6.68. The SMILES string of the molecule is COc1ccccc1N1CCN(C(=S)NCc2ccc(C)cc2)CC1. The van der Waals surface area contributed by atoms with E-state index < -0.39 is 0 Å². The van der Waals surface area contributed by atoms with Crippen LogP contribution in [-0.2, 0) is 6.54 Å². The molecular formula is C20H25N3OS. The van der Waals surface area contributed by atoms with Gasteiger partial charge >= 0.3 is 0 Å². The fraction of sp³-hybridized carbons (Fsp3) is 0.350. The van der Waals surface area contributed by atoms with Gasteiger partial charge in [-0.25, -0.2) is 0 Å². The Morgan fingerprint density at radius 3 is 2.40 bits per heavy atom. The molecule has 0 unspecified atom stereocenters. The topological polar surface area (TPSA) is 27.7 Å². The zero-order chi connectivity index (χ0) is 17.6. The number of nitrogens with one attached hydrogen (secondary N) is 1. The minimum Gasteiger partial charge on any atom is -0.495 e. The lowest BCUT2D eigenvalue weighted by atomic mass is 10.1. The Kier molecular flexibility index (Phi) is 5.76. The number of methoxy groups -OCH3 is 1. The smallest absolute Gasteiger partial charge is 0.169 e. The van der Waals surface area contributed by atoms with Crippen LogP contribution >= 0.6 is 12.2 Å². The molecule has 3 rings (SSSR count). The Morgan fingerprint density at radius 1 is 1.04 bits per heavy atom. The molecule has 1 aliphatic heterocycles. The molecule has 2 aromatic carbocycles. The number of ether oxygens (including phenoxy) is 1. The van der Waals surface area contributed by atoms with Gasteiger partial charge in [0.15, 0.2) is 5.11 Å². The Labute approximate surface area is 155 Å². The number of benzene rings is 2. The molecule has 0 saturated carbocycles. The lowest BCUT2D eigenvalue weighted by Gasteiger charge is -2.37. The Morgan fingerprint density at radius 2 is 1.72 bits per heavy atom. The summed E-state index contributed by atoms with van der Waals surface area (Å²) >= 11 is 5.57. The number of rotatable bonds is 4. The second kappa shape index (κ2) is 8.21. The van der Waals surface area contributed by atoms with Crippen molar-refractivity contribution in [2.75, 3.05) is 38.2 Å². The van der Waals surface area contributed by atoms with E-state index in [9.17, 15) is 0 Å². The number of para-hydroxylation sites is 2. The molecule has 1 saturated heterocycles. The molecule has 1 aliphatic rings. The minimum atomic E-state index is 0.770. The van der Waals surface area contributed by atoms with Gasteiger partial charge in [-0.15, -0.1) is 0 Å². The fourth-order valence-corrected chi connectivity index (χ4v) is 3.29. The predicted molar refractivity (Wildman–Crippen MR) is 107 cm³/mol. The summed E-state index contributed by atoms with van der Waals surface area (Å²) in [5.41, 5.74) is 3.68. The average molecular weight is 356 g/mol. The molecule has 1 heterocycles. The third-order valence-corrected chi connectivity index (χ3v) is 4.96. The van der Waals surface area contributed by atoms with Crippen molar-refractivity contribution in [1.82, 2.24) is 10.2 Å². The summed E-state index contributed by atoms with van der Waals surface area (Å²) in [4.78, 5) is 4.60. The van der Waals surface area contributed by atoms with Crippen molar-refractivity contribution in [2.45, 2.75) is 13.5 Å². The van der Waals surface area contributed by atoms with Crippen LogP contribution in [0, 0.1) is 6.92 Å². The monoisotopic (exact) mass is 355 g/mol. The summed E-state index contributed by atoms with van der Waals surface area (Å²) in [6, 6.07) is 16.7. The average Bonchev–Trinajstić information content (AvgIpc) is 2.67. The maximum atomic E-state index is 5.57. The van der Waals surface area contributed by atoms with Crippen LogP contribution in [0.1, 0.15) is 11.1 Å². The molecule has 0 spiro atoms. The quantitative estimate of drug-likeness (QED) is 0.850. The maximum absolute atomic E-state index is 5.57. The lowest BCUT2D eigenvalue weighted by Crippen LogP contribution is -2.51. The highest BCUT2D eigenvalue weighted by molar-refractivity contribution is 7.80. The van der Waals surface area contributed by atoms with E-state index in [1.807, 2.05) is 12.1 Å². The van der Waals surface area contributed by atoms with Crippen LogP contribution in [0.4, 0.5) is 5.69 Å². The van der Waals surface area contributed by atoms with Gasteiger partial charge in [-0.05, 0) is 36.8 Å². The molecule has 1 N–H and O–H groups in total. The summed E-state index contributed by atoms with van der Waals surface area (Å²) in [6.07, 6.45) is 0. The van der Waals surface area contributed by atoms with Gasteiger partial charge in [0.05, 0.1) is 12.8 Å². The van der Waals surface area contributed by atoms with Crippen LogP contribution in [0.25, 0.3) is 0 Å². The molecular weight excluding hydrogens is 330 g/mol. The molecule has 1 fully saturated rings. The summed E-state index contributed by atoms with van der Waals surface area (Å²) in [6.45, 7) is 6.57. The van der Waals surface area contributed by atoms with Crippen LogP contribution in [-0.4, -0.2) is 43.3 Å². The van der Waals surface area contributed by atoms with Crippen LogP contribution in [0.2, 0.25) is 0 Å². The first-order valence-electron chi connectivity index (χ1n) is 8.63. The van der Waals surface area contributed by atoms with Crippen molar-refractivity contribution in [3.8, 4) is 5.75 Å². The van der Waals surface area contributed by atoms with Crippen molar-refractivity contribution < 1.29 is 4.74 Å². The van der Waals surface area contributed by atoms with Crippen LogP contribution in [0.5, 0.6) is 5.75 Å². The van der Waals surface area contributed by atoms with Crippen molar-refractivity contribution in [3.63, 3.8) is 0 Å². The van der Waals surface area contributed by atoms with Crippen LogP contribution in [0.15, 0.2) is 48.5 Å². The molecule has 25 heavy (non-hydrogen) atoms. The van der Waals surface area contributed by atoms with Crippen LogP contribution in [0.3, 0.4) is 0 Å². The maximum Gasteiger partial charge on any atom is 0.169 e. The highest BCUT2D eigenvalue weighted by Crippen LogP contribution is 2.28. The number of piperazine rings is 1. The molecule has 0 aliphatic carbocycles. The first-order valence-corrected chi connectivity index (χ1v) is 9.04. The Balaban J connectivity index is 1.51. The molecule has 0 atom stereocenters. The lowest BCUT2D eigenvalue weighted by molar-refractivity contribution is 0.373. The fourth-order valence-electron chi connectivity index (χ4n) is 3.04. The summed E-state index contributed by atoms with van der Waals surface area (Å²) in [5.74, 6) is 0.927. The number of nitrogens with zero attached hydrogens (tertiary/aromatic N) is 2. The Bertz CT molecular complexity index is 709. The zero-order valence-electron chi connectivity index (χ0n) is 14.9. The van der Waals surface area contributed by atoms with Crippen molar-refractivity contribution in [1.29, 1.82) is 0 Å². The first-order chi connectivity index (χ1) is 12.2. The number of anilines is 1. The van der Waals surface area contributed by atoms with E-state index in [4.69, 9.17) is 17.0 Å². The van der Waals surface area contributed by atoms with E-state index >= 15 is 0 Å². The van der Waals surface area contributed by atoms with Crippen molar-refractivity contribution in [3.05, 3.63) is 59.7 Å². The molecule has 4 nitrogen and oxygen atoms in total. The highest BCUT2D eigenvalue weighted by atomic mass is 32.1. The molecule has 0 amide bonds. The van der Waals surface area contributed by atoms with Gasteiger partial charge in [-0.3, -0.25) is 0 Å². The number of hydrogen-bond acceptors (Lipinski definition) is 3. The van der Waals surface area contributed by atoms with Gasteiger partial charge in [0, 0.05) is 32.7 Å². The number of aryl methyl sites for hydroxylation is 1. The van der Waals surface area contributed by atoms with Crippen molar-refractivity contribution in [2.24, 2.45) is 0 Å². The number of thiocarbonyl (C=S) groups is 1. The molecule has 0 radical (unpaired) electrons. The molecule has 2 aromatic rings. The van der Waals surface area contributed by atoms with Gasteiger partial charge in [0.25, 0.3) is 0 Å².